The molecule has 0 spiro atoms. The van der Waals surface area contributed by atoms with Gasteiger partial charge in [0.15, 0.2) is 17.1 Å². The molecule has 120 valence electrons. The van der Waals surface area contributed by atoms with Crippen LogP contribution in [0.5, 0.6) is 0 Å². The maximum atomic E-state index is 12.1. The summed E-state index contributed by atoms with van der Waals surface area (Å²) in [7, 11) is 0. The molecular weight excluding hydrogens is 372 g/mol. The van der Waals surface area contributed by atoms with Crippen LogP contribution in [0, 0.1) is 0 Å². The first kappa shape index (κ1) is 16.2. The molecule has 1 heterocycles. The lowest BCUT2D eigenvalue weighted by atomic mass is 10.0. The van der Waals surface area contributed by atoms with E-state index in [0.717, 1.165) is 11.1 Å². The van der Waals surface area contributed by atoms with Crippen molar-refractivity contribution in [2.24, 2.45) is 0 Å². The maximum Gasteiger partial charge on any atom is 0.374 e. The second kappa shape index (κ2) is 7.27. The van der Waals surface area contributed by atoms with Gasteiger partial charge in [0.1, 0.15) is 0 Å². The number of benzene rings is 2. The first-order valence-corrected chi connectivity index (χ1v) is 8.04. The quantitative estimate of drug-likeness (QED) is 0.470. The molecule has 0 fully saturated rings. The van der Waals surface area contributed by atoms with Crippen LogP contribution in [0.15, 0.2) is 75.8 Å². The Kier molecular flexibility index (Phi) is 4.91. The SMILES string of the molecule is O=C(COC(=O)c1ccc(Br)o1)c1ccc(-c2ccccc2)cc1. The monoisotopic (exact) mass is 384 g/mol. The zero-order chi connectivity index (χ0) is 16.9. The summed E-state index contributed by atoms with van der Waals surface area (Å²) in [6.45, 7) is -0.332. The summed E-state index contributed by atoms with van der Waals surface area (Å²) >= 11 is 3.10. The number of ether oxygens (including phenoxy) is 1. The fourth-order valence-corrected chi connectivity index (χ4v) is 2.50. The summed E-state index contributed by atoms with van der Waals surface area (Å²) in [4.78, 5) is 23.9. The molecule has 0 N–H and O–H groups in total. The van der Waals surface area contributed by atoms with Crippen LogP contribution in [-0.4, -0.2) is 18.4 Å². The molecule has 0 unspecified atom stereocenters. The van der Waals surface area contributed by atoms with E-state index in [2.05, 4.69) is 15.9 Å². The topological polar surface area (TPSA) is 56.5 Å². The molecule has 0 aliphatic heterocycles. The molecule has 24 heavy (non-hydrogen) atoms. The van der Waals surface area contributed by atoms with Crippen molar-refractivity contribution in [3.8, 4) is 11.1 Å². The number of hydrogen-bond acceptors (Lipinski definition) is 4. The molecule has 5 heteroatoms. The highest BCUT2D eigenvalue weighted by Gasteiger charge is 2.15. The molecule has 3 rings (SSSR count). The zero-order valence-electron chi connectivity index (χ0n) is 12.6. The van der Waals surface area contributed by atoms with Crippen molar-refractivity contribution < 1.29 is 18.7 Å². The summed E-state index contributed by atoms with van der Waals surface area (Å²) in [6, 6.07) is 20.1. The first-order valence-electron chi connectivity index (χ1n) is 7.24. The van der Waals surface area contributed by atoms with Crippen molar-refractivity contribution in [3.05, 3.63) is 82.7 Å². The molecule has 0 aliphatic carbocycles. The number of halogens is 1. The van der Waals surface area contributed by atoms with E-state index in [4.69, 9.17) is 9.15 Å². The Morgan fingerprint density at radius 2 is 1.54 bits per heavy atom. The second-order valence-corrected chi connectivity index (χ2v) is 5.83. The van der Waals surface area contributed by atoms with Crippen LogP contribution in [0.2, 0.25) is 0 Å². The van der Waals surface area contributed by atoms with Crippen molar-refractivity contribution in [1.29, 1.82) is 0 Å². The number of ketones is 1. The van der Waals surface area contributed by atoms with Gasteiger partial charge in [-0.3, -0.25) is 4.79 Å². The van der Waals surface area contributed by atoms with Crippen LogP contribution in [0.25, 0.3) is 11.1 Å². The van der Waals surface area contributed by atoms with E-state index in [0.29, 0.717) is 10.2 Å². The van der Waals surface area contributed by atoms with E-state index in [1.54, 1.807) is 18.2 Å². The van der Waals surface area contributed by atoms with Gasteiger partial charge in [-0.15, -0.1) is 0 Å². The Morgan fingerprint density at radius 1 is 0.875 bits per heavy atom. The summed E-state index contributed by atoms with van der Waals surface area (Å²) in [5, 5.41) is 0. The molecule has 2 aromatic carbocycles. The Balaban J connectivity index is 1.62. The minimum absolute atomic E-state index is 0.0501. The summed E-state index contributed by atoms with van der Waals surface area (Å²) < 4.78 is 10.5. The summed E-state index contributed by atoms with van der Waals surface area (Å²) in [5.74, 6) is -0.891. The molecule has 0 amide bonds. The predicted molar refractivity (Wildman–Crippen MR) is 92.9 cm³/mol. The average Bonchev–Trinajstić information content (AvgIpc) is 3.07. The van der Waals surface area contributed by atoms with Crippen molar-refractivity contribution in [1.82, 2.24) is 0 Å². The van der Waals surface area contributed by atoms with Crippen molar-refractivity contribution >= 4 is 27.7 Å². The van der Waals surface area contributed by atoms with E-state index in [9.17, 15) is 9.59 Å². The lowest BCUT2D eigenvalue weighted by molar-refractivity contribution is 0.0442. The number of Topliss-reactive ketones (excluding diaryl/α,β-unsaturated/α-hetero) is 1. The largest absolute Gasteiger partial charge is 0.451 e. The van der Waals surface area contributed by atoms with Crippen molar-refractivity contribution in [2.75, 3.05) is 6.61 Å². The van der Waals surface area contributed by atoms with E-state index < -0.39 is 5.97 Å². The summed E-state index contributed by atoms with van der Waals surface area (Å²) in [5.41, 5.74) is 2.58. The van der Waals surface area contributed by atoms with Gasteiger partial charge in [-0.05, 0) is 39.2 Å². The van der Waals surface area contributed by atoms with Crippen LogP contribution >= 0.6 is 15.9 Å². The molecule has 0 atom stereocenters. The Labute approximate surface area is 147 Å². The standard InChI is InChI=1S/C19H13BrO4/c20-18-11-10-17(24-18)19(22)23-12-16(21)15-8-6-14(7-9-15)13-4-2-1-3-5-13/h1-11H,12H2. The number of furan rings is 1. The number of carbonyl (C=O) groups is 2. The smallest absolute Gasteiger partial charge is 0.374 e. The van der Waals surface area contributed by atoms with Crippen molar-refractivity contribution in [3.63, 3.8) is 0 Å². The molecule has 4 nitrogen and oxygen atoms in total. The van der Waals surface area contributed by atoms with Crippen LogP contribution in [-0.2, 0) is 4.74 Å². The van der Waals surface area contributed by atoms with Gasteiger partial charge in [0.05, 0.1) is 0 Å². The van der Waals surface area contributed by atoms with E-state index >= 15 is 0 Å². The summed E-state index contributed by atoms with van der Waals surface area (Å²) in [6.07, 6.45) is 0. The van der Waals surface area contributed by atoms with Gasteiger partial charge in [-0.1, -0.05) is 54.6 Å². The van der Waals surface area contributed by atoms with Gasteiger partial charge in [-0.2, -0.15) is 0 Å². The van der Waals surface area contributed by atoms with Gasteiger partial charge in [0, 0.05) is 5.56 Å². The number of rotatable bonds is 5. The average molecular weight is 385 g/mol. The molecule has 0 bridgehead atoms. The van der Waals surface area contributed by atoms with Crippen LogP contribution < -0.4 is 0 Å². The van der Waals surface area contributed by atoms with Gasteiger partial charge in [0.25, 0.3) is 0 Å². The molecule has 0 saturated heterocycles. The minimum atomic E-state index is -0.671. The highest BCUT2D eigenvalue weighted by Crippen LogP contribution is 2.19. The van der Waals surface area contributed by atoms with Crippen LogP contribution in [0.3, 0.4) is 0 Å². The minimum Gasteiger partial charge on any atom is -0.451 e. The lowest BCUT2D eigenvalue weighted by Crippen LogP contribution is -2.13. The molecule has 3 aromatic rings. The Morgan fingerprint density at radius 3 is 2.17 bits per heavy atom. The molecular formula is C19H13BrO4. The lowest BCUT2D eigenvalue weighted by Gasteiger charge is -2.05. The second-order valence-electron chi connectivity index (χ2n) is 5.05. The maximum absolute atomic E-state index is 12.1. The first-order chi connectivity index (χ1) is 11.6. The number of hydrogen-bond donors (Lipinski definition) is 0. The number of esters is 1. The molecule has 0 radical (unpaired) electrons. The van der Waals surface area contributed by atoms with E-state index in [-0.39, 0.29) is 18.2 Å². The zero-order valence-corrected chi connectivity index (χ0v) is 14.2. The van der Waals surface area contributed by atoms with Crippen molar-refractivity contribution in [2.45, 2.75) is 0 Å². The van der Waals surface area contributed by atoms with Gasteiger partial charge < -0.3 is 9.15 Å². The molecule has 1 aromatic heterocycles. The Hall–Kier alpha value is -2.66. The predicted octanol–water partition coefficient (Wildman–Crippen LogP) is 4.75. The third-order valence-electron chi connectivity index (χ3n) is 3.42. The Bertz CT molecular complexity index is 851. The number of carbonyl (C=O) groups excluding carboxylic acids is 2. The molecule has 0 aliphatic rings. The molecule has 0 saturated carbocycles. The third kappa shape index (κ3) is 3.81. The highest BCUT2D eigenvalue weighted by molar-refractivity contribution is 9.10. The third-order valence-corrected chi connectivity index (χ3v) is 3.85. The van der Waals surface area contributed by atoms with Gasteiger partial charge >= 0.3 is 5.97 Å². The fraction of sp³-hybridized carbons (Fsp3) is 0.0526. The highest BCUT2D eigenvalue weighted by atomic mass is 79.9. The van der Waals surface area contributed by atoms with Crippen LogP contribution in [0.1, 0.15) is 20.9 Å². The van der Waals surface area contributed by atoms with E-state index in [1.165, 1.54) is 6.07 Å². The van der Waals surface area contributed by atoms with Crippen LogP contribution in [0.4, 0.5) is 0 Å². The van der Waals surface area contributed by atoms with Gasteiger partial charge in [0.2, 0.25) is 5.76 Å². The van der Waals surface area contributed by atoms with E-state index in [1.807, 2.05) is 42.5 Å². The normalized spacial score (nSPS) is 10.4. The fourth-order valence-electron chi connectivity index (χ4n) is 2.19. The van der Waals surface area contributed by atoms with Gasteiger partial charge in [-0.25, -0.2) is 4.79 Å².